The molecule has 1 aromatic carbocycles. The Bertz CT molecular complexity index is 1340. The van der Waals surface area contributed by atoms with Crippen LogP contribution < -0.4 is 4.74 Å². The highest BCUT2D eigenvalue weighted by molar-refractivity contribution is 5.89. The van der Waals surface area contributed by atoms with Gasteiger partial charge in [-0.2, -0.15) is 0 Å². The highest BCUT2D eigenvalue weighted by Crippen LogP contribution is 2.80. The standard InChI is InChI=1S/C34H47NO10/c1-7-35-16-31(17-40-3)22(37)12-13-32-21-14-33(39)23(42-5)15-34(45-18(2)36,25(28(32)35)26(43-6)27(31)32)24(21)29(33)44-30(38)19-8-10-20(41-4)11-9-19/h8-11,21-29,37,39H,7,12-17H2,1-6H3/t21-,22-,23+,24-,25+,26+,27-,28-,29-,31+,32-,33+,34-/m1/s1. The number of hydrogen-bond acceptors (Lipinski definition) is 11. The fourth-order valence-corrected chi connectivity index (χ4v) is 12.1. The lowest BCUT2D eigenvalue weighted by Crippen LogP contribution is -2.76. The topological polar surface area (TPSA) is 133 Å². The molecule has 6 aliphatic rings. The maximum absolute atomic E-state index is 13.8. The van der Waals surface area contributed by atoms with Crippen LogP contribution in [0.25, 0.3) is 0 Å². The maximum Gasteiger partial charge on any atom is 0.338 e. The minimum Gasteiger partial charge on any atom is -0.497 e. The lowest BCUT2D eigenvalue weighted by atomic mass is 9.43. The molecule has 0 unspecified atom stereocenters. The number of nitrogens with zero attached hydrogens (tertiary/aromatic N) is 1. The molecule has 1 spiro atoms. The first-order valence-corrected chi connectivity index (χ1v) is 16.3. The molecule has 11 nitrogen and oxygen atoms in total. The molecule has 13 atom stereocenters. The van der Waals surface area contributed by atoms with Gasteiger partial charge in [0.25, 0.3) is 0 Å². The van der Waals surface area contributed by atoms with E-state index in [9.17, 15) is 19.8 Å². The van der Waals surface area contributed by atoms with Gasteiger partial charge in [-0.05, 0) is 61.4 Å². The molecular weight excluding hydrogens is 582 g/mol. The molecule has 7 rings (SSSR count). The molecule has 1 heterocycles. The number of carbonyl (C=O) groups excluding carboxylic acids is 2. The van der Waals surface area contributed by atoms with Crippen LogP contribution >= 0.6 is 0 Å². The molecule has 248 valence electrons. The summed E-state index contributed by atoms with van der Waals surface area (Å²) in [5, 5.41) is 24.5. The number of likely N-dealkylation sites (tertiary alicyclic amines) is 1. The molecule has 6 fully saturated rings. The molecule has 0 aromatic heterocycles. The van der Waals surface area contributed by atoms with Crippen molar-refractivity contribution >= 4 is 11.9 Å². The number of aliphatic hydroxyl groups is 2. The number of ether oxygens (including phenoxy) is 6. The van der Waals surface area contributed by atoms with Gasteiger partial charge in [-0.3, -0.25) is 9.69 Å². The number of esters is 2. The summed E-state index contributed by atoms with van der Waals surface area (Å²) in [6.45, 7) is 5.26. The van der Waals surface area contributed by atoms with Crippen LogP contribution in [0.2, 0.25) is 0 Å². The van der Waals surface area contributed by atoms with Crippen LogP contribution in [0.3, 0.4) is 0 Å². The molecule has 1 aliphatic heterocycles. The molecule has 0 amide bonds. The molecule has 11 heteroatoms. The van der Waals surface area contributed by atoms with Gasteiger partial charge < -0.3 is 38.6 Å². The first kappa shape index (κ1) is 31.3. The van der Waals surface area contributed by atoms with Crippen molar-refractivity contribution in [2.45, 2.75) is 81.2 Å². The zero-order chi connectivity index (χ0) is 32.1. The van der Waals surface area contributed by atoms with E-state index in [0.29, 0.717) is 43.7 Å². The summed E-state index contributed by atoms with van der Waals surface area (Å²) in [7, 11) is 6.50. The summed E-state index contributed by atoms with van der Waals surface area (Å²) in [6, 6.07) is 6.63. The summed E-state index contributed by atoms with van der Waals surface area (Å²) < 4.78 is 36.7. The average molecular weight is 630 g/mol. The Hall–Kier alpha value is -2.28. The number of methoxy groups -OCH3 is 4. The van der Waals surface area contributed by atoms with Crippen LogP contribution in [0, 0.1) is 34.5 Å². The first-order valence-electron chi connectivity index (χ1n) is 16.3. The second kappa shape index (κ2) is 10.6. The number of aliphatic hydroxyl groups excluding tert-OH is 1. The van der Waals surface area contributed by atoms with Gasteiger partial charge in [0.15, 0.2) is 0 Å². The van der Waals surface area contributed by atoms with E-state index in [1.54, 1.807) is 52.7 Å². The molecule has 1 saturated heterocycles. The molecular formula is C34H47NO10. The lowest BCUT2D eigenvalue weighted by molar-refractivity contribution is -0.277. The van der Waals surface area contributed by atoms with Crippen LogP contribution in [-0.4, -0.2) is 117 Å². The number of hydrogen-bond donors (Lipinski definition) is 2. The summed E-state index contributed by atoms with van der Waals surface area (Å²) in [5.41, 5.74) is -3.37. The largest absolute Gasteiger partial charge is 0.497 e. The lowest BCUT2D eigenvalue weighted by Gasteiger charge is -2.68. The number of carbonyl (C=O) groups is 2. The van der Waals surface area contributed by atoms with Crippen molar-refractivity contribution in [1.82, 2.24) is 4.90 Å². The van der Waals surface area contributed by atoms with E-state index in [-0.39, 0.29) is 36.3 Å². The molecule has 5 aliphatic carbocycles. The Kier molecular flexibility index (Phi) is 7.39. The van der Waals surface area contributed by atoms with Gasteiger partial charge in [0.05, 0.1) is 37.6 Å². The van der Waals surface area contributed by atoms with Crippen LogP contribution in [0.1, 0.15) is 49.9 Å². The average Bonchev–Trinajstić information content (AvgIpc) is 3.39. The Labute approximate surface area is 264 Å². The normalized spacial score (nSPS) is 47.3. The number of fused-ring (bicyclic) bond motifs is 2. The quantitative estimate of drug-likeness (QED) is 0.389. The molecule has 1 aromatic rings. The molecule has 5 saturated carbocycles. The van der Waals surface area contributed by atoms with Crippen molar-refractivity contribution in [3.05, 3.63) is 29.8 Å². The van der Waals surface area contributed by atoms with Crippen LogP contribution in [0.5, 0.6) is 5.75 Å². The fourth-order valence-electron chi connectivity index (χ4n) is 12.1. The van der Waals surface area contributed by atoms with Gasteiger partial charge in [-0.15, -0.1) is 0 Å². The Morgan fingerprint density at radius 2 is 1.78 bits per heavy atom. The van der Waals surface area contributed by atoms with Crippen LogP contribution in [0.15, 0.2) is 24.3 Å². The molecule has 7 bridgehead atoms. The van der Waals surface area contributed by atoms with E-state index in [0.717, 1.165) is 6.54 Å². The van der Waals surface area contributed by atoms with E-state index in [1.807, 2.05) is 0 Å². The minimum absolute atomic E-state index is 0.0357. The summed E-state index contributed by atoms with van der Waals surface area (Å²) >= 11 is 0. The van der Waals surface area contributed by atoms with Crippen LogP contribution in [-0.2, 0) is 28.5 Å². The summed E-state index contributed by atoms with van der Waals surface area (Å²) in [5.74, 6) is -1.55. The Morgan fingerprint density at radius 1 is 1.04 bits per heavy atom. The third kappa shape index (κ3) is 3.79. The predicted molar refractivity (Wildman–Crippen MR) is 159 cm³/mol. The predicted octanol–water partition coefficient (Wildman–Crippen LogP) is 2.06. The molecule has 45 heavy (non-hydrogen) atoms. The zero-order valence-electron chi connectivity index (χ0n) is 27.1. The molecule has 0 radical (unpaired) electrons. The third-order valence-electron chi connectivity index (χ3n) is 13.1. The van der Waals surface area contributed by atoms with E-state index in [4.69, 9.17) is 28.4 Å². The van der Waals surface area contributed by atoms with Crippen molar-refractivity contribution in [3.8, 4) is 5.75 Å². The van der Waals surface area contributed by atoms with Crippen molar-refractivity contribution in [2.24, 2.45) is 34.5 Å². The SMILES string of the molecule is CCN1C[C@]2(COC)[C@H](O)CC[C@@]34[C@@H]5C[C@]6(O)[C@@H](OC)C[C@@](OC(C)=O)([C@H]5[C@H]6OC(=O)c5ccc(OC)cc5)[C@@H]([C@H](OC)[C@H]23)[C@@H]14. The van der Waals surface area contributed by atoms with Gasteiger partial charge in [-0.25, -0.2) is 4.79 Å². The van der Waals surface area contributed by atoms with Crippen molar-refractivity contribution in [1.29, 1.82) is 0 Å². The minimum atomic E-state index is -1.51. The van der Waals surface area contributed by atoms with E-state index in [2.05, 4.69) is 11.8 Å². The number of rotatable bonds is 9. The van der Waals surface area contributed by atoms with E-state index >= 15 is 0 Å². The van der Waals surface area contributed by atoms with Gasteiger partial charge in [0.1, 0.15) is 23.1 Å². The third-order valence-corrected chi connectivity index (χ3v) is 13.1. The van der Waals surface area contributed by atoms with Gasteiger partial charge in [-0.1, -0.05) is 6.92 Å². The van der Waals surface area contributed by atoms with Gasteiger partial charge in [0, 0.05) is 70.4 Å². The second-order valence-corrected chi connectivity index (χ2v) is 14.4. The monoisotopic (exact) mass is 629 g/mol. The van der Waals surface area contributed by atoms with E-state index in [1.165, 1.54) is 6.92 Å². The van der Waals surface area contributed by atoms with Crippen molar-refractivity contribution in [3.63, 3.8) is 0 Å². The Morgan fingerprint density at radius 3 is 2.38 bits per heavy atom. The fraction of sp³-hybridized carbons (Fsp3) is 0.765. The molecule has 2 N–H and O–H groups in total. The highest BCUT2D eigenvalue weighted by Gasteiger charge is 2.88. The zero-order valence-corrected chi connectivity index (χ0v) is 27.1. The van der Waals surface area contributed by atoms with Gasteiger partial charge in [0.2, 0.25) is 0 Å². The van der Waals surface area contributed by atoms with Crippen molar-refractivity contribution in [2.75, 3.05) is 48.1 Å². The highest BCUT2D eigenvalue weighted by atomic mass is 16.6. The number of piperidine rings is 1. The second-order valence-electron chi connectivity index (χ2n) is 14.4. The smallest absolute Gasteiger partial charge is 0.338 e. The first-order chi connectivity index (χ1) is 21.5. The maximum atomic E-state index is 13.8. The van der Waals surface area contributed by atoms with Crippen LogP contribution in [0.4, 0.5) is 0 Å². The summed E-state index contributed by atoms with van der Waals surface area (Å²) in [6.07, 6.45) is -0.873. The Balaban J connectivity index is 1.43. The summed E-state index contributed by atoms with van der Waals surface area (Å²) in [4.78, 5) is 29.4. The van der Waals surface area contributed by atoms with Gasteiger partial charge >= 0.3 is 11.9 Å². The number of benzene rings is 1. The van der Waals surface area contributed by atoms with E-state index < -0.39 is 58.2 Å². The van der Waals surface area contributed by atoms with Crippen molar-refractivity contribution < 1.29 is 48.2 Å².